The van der Waals surface area contributed by atoms with Gasteiger partial charge in [0.15, 0.2) is 0 Å². The minimum absolute atomic E-state index is 0.0255. The summed E-state index contributed by atoms with van der Waals surface area (Å²) >= 11 is 0. The molecule has 114 valence electrons. The number of nitrogens with zero attached hydrogens (tertiary/aromatic N) is 5. The SMILES string of the molecule is Nc1nc(-n2cccn2)nc2c1CC(=O)N2Cc1ccccc1. The number of anilines is 2. The van der Waals surface area contributed by atoms with Gasteiger partial charge < -0.3 is 5.73 Å². The van der Waals surface area contributed by atoms with Crippen molar-refractivity contribution in [2.24, 2.45) is 0 Å². The highest BCUT2D eigenvalue weighted by Gasteiger charge is 2.32. The van der Waals surface area contributed by atoms with E-state index in [1.165, 1.54) is 4.68 Å². The average molecular weight is 306 g/mol. The third-order valence-corrected chi connectivity index (χ3v) is 3.78. The molecule has 0 bridgehead atoms. The molecule has 1 aliphatic rings. The molecule has 23 heavy (non-hydrogen) atoms. The van der Waals surface area contributed by atoms with Gasteiger partial charge in [-0.1, -0.05) is 30.3 Å². The van der Waals surface area contributed by atoms with E-state index in [4.69, 9.17) is 5.73 Å². The Labute approximate surface area is 132 Å². The molecule has 0 saturated carbocycles. The minimum atomic E-state index is -0.0255. The minimum Gasteiger partial charge on any atom is -0.383 e. The van der Waals surface area contributed by atoms with E-state index < -0.39 is 0 Å². The molecule has 4 rings (SSSR count). The number of carbonyl (C=O) groups is 1. The van der Waals surface area contributed by atoms with Gasteiger partial charge in [-0.15, -0.1) is 0 Å². The van der Waals surface area contributed by atoms with Crippen molar-refractivity contribution in [2.75, 3.05) is 10.6 Å². The molecule has 1 aliphatic heterocycles. The van der Waals surface area contributed by atoms with Gasteiger partial charge in [0.25, 0.3) is 5.95 Å². The summed E-state index contributed by atoms with van der Waals surface area (Å²) in [5.74, 6) is 1.22. The van der Waals surface area contributed by atoms with Gasteiger partial charge >= 0.3 is 0 Å². The number of hydrogen-bond donors (Lipinski definition) is 1. The first kappa shape index (κ1) is 13.4. The van der Waals surface area contributed by atoms with E-state index in [1.807, 2.05) is 30.3 Å². The van der Waals surface area contributed by atoms with E-state index >= 15 is 0 Å². The van der Waals surface area contributed by atoms with Crippen LogP contribution in [-0.4, -0.2) is 25.7 Å². The van der Waals surface area contributed by atoms with Gasteiger partial charge in [-0.25, -0.2) is 4.68 Å². The molecular formula is C16H14N6O. The molecule has 1 aromatic carbocycles. The summed E-state index contributed by atoms with van der Waals surface area (Å²) in [6, 6.07) is 11.6. The predicted molar refractivity (Wildman–Crippen MR) is 84.9 cm³/mol. The molecule has 7 heteroatoms. The summed E-state index contributed by atoms with van der Waals surface area (Å²) in [6.07, 6.45) is 3.60. The number of nitrogens with two attached hydrogens (primary N) is 1. The molecule has 0 radical (unpaired) electrons. The lowest BCUT2D eigenvalue weighted by Gasteiger charge is -2.17. The summed E-state index contributed by atoms with van der Waals surface area (Å²) in [5.41, 5.74) is 7.74. The quantitative estimate of drug-likeness (QED) is 0.788. The van der Waals surface area contributed by atoms with Gasteiger partial charge in [0.1, 0.15) is 11.6 Å². The first-order valence-corrected chi connectivity index (χ1v) is 7.23. The van der Waals surface area contributed by atoms with E-state index in [9.17, 15) is 4.79 Å². The maximum Gasteiger partial charge on any atom is 0.254 e. The van der Waals surface area contributed by atoms with Crippen molar-refractivity contribution in [3.63, 3.8) is 0 Å². The monoisotopic (exact) mass is 306 g/mol. The van der Waals surface area contributed by atoms with Crippen LogP contribution < -0.4 is 10.6 Å². The zero-order valence-corrected chi connectivity index (χ0v) is 12.3. The van der Waals surface area contributed by atoms with Crippen LogP contribution in [0.5, 0.6) is 0 Å². The normalized spacial score (nSPS) is 13.4. The average Bonchev–Trinajstić information content (AvgIpc) is 3.19. The van der Waals surface area contributed by atoms with Crippen LogP contribution in [0.3, 0.4) is 0 Å². The Hall–Kier alpha value is -3.22. The Morgan fingerprint density at radius 2 is 1.96 bits per heavy atom. The summed E-state index contributed by atoms with van der Waals surface area (Å²) < 4.78 is 1.53. The number of hydrogen-bond acceptors (Lipinski definition) is 5. The molecule has 0 fully saturated rings. The Kier molecular flexibility index (Phi) is 3.04. The zero-order valence-electron chi connectivity index (χ0n) is 12.3. The van der Waals surface area contributed by atoms with Gasteiger partial charge in [0, 0.05) is 18.0 Å². The largest absolute Gasteiger partial charge is 0.383 e. The fourth-order valence-corrected chi connectivity index (χ4v) is 2.65. The van der Waals surface area contributed by atoms with E-state index in [0.29, 0.717) is 29.7 Å². The van der Waals surface area contributed by atoms with Crippen molar-refractivity contribution in [1.82, 2.24) is 19.7 Å². The molecule has 0 spiro atoms. The third kappa shape index (κ3) is 2.32. The van der Waals surface area contributed by atoms with E-state index in [-0.39, 0.29) is 12.3 Å². The summed E-state index contributed by atoms with van der Waals surface area (Å²) in [7, 11) is 0. The molecule has 0 saturated heterocycles. The second kappa shape index (κ2) is 5.20. The first-order chi connectivity index (χ1) is 11.2. The number of benzene rings is 1. The van der Waals surface area contributed by atoms with Crippen molar-refractivity contribution in [2.45, 2.75) is 13.0 Å². The standard InChI is InChI=1S/C16H14N6O/c17-14-12-9-13(23)21(10-11-5-2-1-3-6-11)15(12)20-16(19-14)22-8-4-7-18-22/h1-8H,9-10H2,(H2,17,19,20). The first-order valence-electron chi connectivity index (χ1n) is 7.23. The molecular weight excluding hydrogens is 292 g/mol. The zero-order chi connectivity index (χ0) is 15.8. The van der Waals surface area contributed by atoms with Gasteiger partial charge in [-0.3, -0.25) is 9.69 Å². The lowest BCUT2D eigenvalue weighted by Crippen LogP contribution is -2.26. The van der Waals surface area contributed by atoms with Crippen molar-refractivity contribution in [1.29, 1.82) is 0 Å². The maximum atomic E-state index is 12.4. The Balaban J connectivity index is 1.76. The highest BCUT2D eigenvalue weighted by molar-refractivity contribution is 6.01. The predicted octanol–water partition coefficient (Wildman–Crippen LogP) is 1.33. The van der Waals surface area contributed by atoms with Crippen LogP contribution in [-0.2, 0) is 17.8 Å². The second-order valence-electron chi connectivity index (χ2n) is 5.30. The van der Waals surface area contributed by atoms with Crippen molar-refractivity contribution < 1.29 is 4.79 Å². The number of nitrogen functional groups attached to an aromatic ring is 1. The molecule has 2 N–H and O–H groups in total. The van der Waals surface area contributed by atoms with Gasteiger partial charge in [0.05, 0.1) is 13.0 Å². The van der Waals surface area contributed by atoms with Crippen molar-refractivity contribution in [3.05, 3.63) is 59.9 Å². The number of rotatable bonds is 3. The summed E-state index contributed by atoms with van der Waals surface area (Å²) in [4.78, 5) is 22.8. The maximum absolute atomic E-state index is 12.4. The van der Waals surface area contributed by atoms with Crippen LogP contribution >= 0.6 is 0 Å². The molecule has 0 aliphatic carbocycles. The van der Waals surface area contributed by atoms with Gasteiger partial charge in [0.2, 0.25) is 5.91 Å². The number of carbonyl (C=O) groups excluding carboxylic acids is 1. The highest BCUT2D eigenvalue weighted by Crippen LogP contribution is 2.32. The van der Waals surface area contributed by atoms with Gasteiger partial charge in [-0.05, 0) is 11.6 Å². The molecule has 3 aromatic rings. The summed E-state index contributed by atoms with van der Waals surface area (Å²) in [6.45, 7) is 0.460. The Morgan fingerprint density at radius 1 is 1.13 bits per heavy atom. The third-order valence-electron chi connectivity index (χ3n) is 3.78. The number of amides is 1. The van der Waals surface area contributed by atoms with Gasteiger partial charge in [-0.2, -0.15) is 15.1 Å². The molecule has 0 unspecified atom stereocenters. The highest BCUT2D eigenvalue weighted by atomic mass is 16.2. The van der Waals surface area contributed by atoms with Crippen LogP contribution in [0, 0.1) is 0 Å². The molecule has 2 aromatic heterocycles. The fourth-order valence-electron chi connectivity index (χ4n) is 2.65. The lowest BCUT2D eigenvalue weighted by molar-refractivity contribution is -0.117. The number of fused-ring (bicyclic) bond motifs is 1. The number of aromatic nitrogens is 4. The lowest BCUT2D eigenvalue weighted by atomic mass is 10.2. The van der Waals surface area contributed by atoms with Crippen molar-refractivity contribution in [3.8, 4) is 5.95 Å². The second-order valence-corrected chi connectivity index (χ2v) is 5.30. The topological polar surface area (TPSA) is 89.9 Å². The van der Waals surface area contributed by atoms with E-state index in [2.05, 4.69) is 15.1 Å². The molecule has 0 atom stereocenters. The Morgan fingerprint density at radius 3 is 2.70 bits per heavy atom. The van der Waals surface area contributed by atoms with Crippen LogP contribution in [0.4, 0.5) is 11.6 Å². The Bertz CT molecular complexity index is 860. The smallest absolute Gasteiger partial charge is 0.254 e. The molecule has 7 nitrogen and oxygen atoms in total. The van der Waals surface area contributed by atoms with Crippen molar-refractivity contribution >= 4 is 17.5 Å². The summed E-state index contributed by atoms with van der Waals surface area (Å²) in [5, 5.41) is 4.11. The van der Waals surface area contributed by atoms with E-state index in [0.717, 1.165) is 5.56 Å². The molecule has 1 amide bonds. The van der Waals surface area contributed by atoms with Crippen LogP contribution in [0.2, 0.25) is 0 Å². The molecule has 3 heterocycles. The van der Waals surface area contributed by atoms with Crippen LogP contribution in [0.1, 0.15) is 11.1 Å². The van der Waals surface area contributed by atoms with Crippen LogP contribution in [0.25, 0.3) is 5.95 Å². The fraction of sp³-hybridized carbons (Fsp3) is 0.125. The van der Waals surface area contributed by atoms with Crippen LogP contribution in [0.15, 0.2) is 48.8 Å². The van der Waals surface area contributed by atoms with E-state index in [1.54, 1.807) is 23.4 Å².